The van der Waals surface area contributed by atoms with E-state index in [2.05, 4.69) is 5.32 Å². The Hall–Kier alpha value is -3.55. The van der Waals surface area contributed by atoms with Crippen LogP contribution in [0.2, 0.25) is 0 Å². The van der Waals surface area contributed by atoms with Gasteiger partial charge in [0.25, 0.3) is 0 Å². The first-order chi connectivity index (χ1) is 14.3. The van der Waals surface area contributed by atoms with Gasteiger partial charge in [-0.3, -0.25) is 14.4 Å². The first-order valence-corrected chi connectivity index (χ1v) is 9.54. The Morgan fingerprint density at radius 1 is 0.967 bits per heavy atom. The molecule has 0 saturated carbocycles. The molecule has 0 radical (unpaired) electrons. The van der Waals surface area contributed by atoms with Gasteiger partial charge < -0.3 is 24.6 Å². The Labute approximate surface area is 175 Å². The number of hydrogen-bond acceptors (Lipinski definition) is 5. The summed E-state index contributed by atoms with van der Waals surface area (Å²) >= 11 is 0. The maximum absolute atomic E-state index is 12.7. The third-order valence-electron chi connectivity index (χ3n) is 4.98. The van der Waals surface area contributed by atoms with Crippen molar-refractivity contribution in [1.82, 2.24) is 4.90 Å². The highest BCUT2D eigenvalue weighted by molar-refractivity contribution is 6.41. The summed E-state index contributed by atoms with van der Waals surface area (Å²) in [7, 11) is 3.02. The number of nitrogens with zero attached hydrogens (tertiary/aromatic N) is 2. The maximum Gasteiger partial charge on any atom is 0.316 e. The quantitative estimate of drug-likeness (QED) is 0.736. The standard InChI is InChI=1S/C22H25N3O5/c1-14-5-7-17(15(2)11-14)23-20(26)13-24-9-10-25(22(28)21(24)27)16-6-8-18(29-3)19(12-16)30-4/h5-8,11-12H,9-10,13H2,1-4H3,(H,23,26). The second kappa shape index (κ2) is 8.86. The molecule has 1 aliphatic rings. The molecule has 30 heavy (non-hydrogen) atoms. The van der Waals surface area contributed by atoms with Crippen molar-refractivity contribution < 1.29 is 23.9 Å². The van der Waals surface area contributed by atoms with Crippen LogP contribution in [0.25, 0.3) is 0 Å². The molecule has 2 aromatic carbocycles. The predicted molar refractivity (Wildman–Crippen MR) is 113 cm³/mol. The largest absolute Gasteiger partial charge is 0.493 e. The molecule has 1 aliphatic heterocycles. The summed E-state index contributed by atoms with van der Waals surface area (Å²) in [6.07, 6.45) is 0. The zero-order valence-corrected chi connectivity index (χ0v) is 17.5. The van der Waals surface area contributed by atoms with E-state index in [0.717, 1.165) is 11.1 Å². The van der Waals surface area contributed by atoms with Crippen LogP contribution in [0.1, 0.15) is 11.1 Å². The van der Waals surface area contributed by atoms with Crippen molar-refractivity contribution >= 4 is 29.1 Å². The summed E-state index contributed by atoms with van der Waals surface area (Å²) in [5.74, 6) is -0.755. The monoisotopic (exact) mass is 411 g/mol. The fourth-order valence-electron chi connectivity index (χ4n) is 3.38. The Morgan fingerprint density at radius 2 is 1.70 bits per heavy atom. The molecule has 0 unspecified atom stereocenters. The van der Waals surface area contributed by atoms with Gasteiger partial charge in [0, 0.05) is 30.5 Å². The van der Waals surface area contributed by atoms with Gasteiger partial charge >= 0.3 is 11.8 Å². The van der Waals surface area contributed by atoms with E-state index < -0.39 is 11.8 Å². The molecule has 3 rings (SSSR count). The fourth-order valence-corrected chi connectivity index (χ4v) is 3.38. The summed E-state index contributed by atoms with van der Waals surface area (Å²) in [4.78, 5) is 40.3. The van der Waals surface area contributed by atoms with Crippen LogP contribution in [0.15, 0.2) is 36.4 Å². The first-order valence-electron chi connectivity index (χ1n) is 9.54. The Bertz CT molecular complexity index is 989. The summed E-state index contributed by atoms with van der Waals surface area (Å²) in [6, 6.07) is 10.7. The van der Waals surface area contributed by atoms with Crippen molar-refractivity contribution in [1.29, 1.82) is 0 Å². The molecule has 1 fully saturated rings. The molecule has 8 heteroatoms. The lowest BCUT2D eigenvalue weighted by atomic mass is 10.1. The molecule has 0 spiro atoms. The van der Waals surface area contributed by atoms with Crippen molar-refractivity contribution in [3.63, 3.8) is 0 Å². The summed E-state index contributed by atoms with van der Waals surface area (Å²) in [5, 5.41) is 2.80. The molecule has 1 saturated heterocycles. The molecular formula is C22H25N3O5. The third kappa shape index (κ3) is 4.37. The molecular weight excluding hydrogens is 386 g/mol. The third-order valence-corrected chi connectivity index (χ3v) is 4.98. The van der Waals surface area contributed by atoms with Gasteiger partial charge in [0.05, 0.1) is 14.2 Å². The van der Waals surface area contributed by atoms with Crippen LogP contribution >= 0.6 is 0 Å². The van der Waals surface area contributed by atoms with Crippen LogP contribution in [0, 0.1) is 13.8 Å². The number of carbonyl (C=O) groups excluding carboxylic acids is 3. The molecule has 0 aromatic heterocycles. The van der Waals surface area contributed by atoms with Gasteiger partial charge in [-0.2, -0.15) is 0 Å². The smallest absolute Gasteiger partial charge is 0.316 e. The van der Waals surface area contributed by atoms with E-state index in [-0.39, 0.29) is 25.5 Å². The second-order valence-corrected chi connectivity index (χ2v) is 7.09. The van der Waals surface area contributed by atoms with Crippen molar-refractivity contribution in [2.24, 2.45) is 0 Å². The summed E-state index contributed by atoms with van der Waals surface area (Å²) in [5.41, 5.74) is 3.25. The van der Waals surface area contributed by atoms with Crippen molar-refractivity contribution in [3.05, 3.63) is 47.5 Å². The number of amides is 3. The number of rotatable bonds is 6. The van der Waals surface area contributed by atoms with Gasteiger partial charge in [-0.1, -0.05) is 17.7 Å². The average molecular weight is 411 g/mol. The molecule has 158 valence electrons. The van der Waals surface area contributed by atoms with Crippen LogP contribution in [0.4, 0.5) is 11.4 Å². The van der Waals surface area contributed by atoms with Gasteiger partial charge in [0.2, 0.25) is 5.91 Å². The minimum Gasteiger partial charge on any atom is -0.493 e. The number of piperazine rings is 1. The van der Waals surface area contributed by atoms with E-state index in [1.165, 1.54) is 24.0 Å². The number of benzene rings is 2. The number of methoxy groups -OCH3 is 2. The minimum atomic E-state index is -0.716. The van der Waals surface area contributed by atoms with Gasteiger partial charge in [-0.05, 0) is 37.6 Å². The highest BCUT2D eigenvalue weighted by Crippen LogP contribution is 2.32. The zero-order chi connectivity index (χ0) is 21.8. The van der Waals surface area contributed by atoms with Crippen molar-refractivity contribution in [2.45, 2.75) is 13.8 Å². The first kappa shape index (κ1) is 21.2. The SMILES string of the molecule is COc1ccc(N2CCN(CC(=O)Nc3ccc(C)cc3C)C(=O)C2=O)cc1OC. The highest BCUT2D eigenvalue weighted by Gasteiger charge is 2.34. The molecule has 2 aromatic rings. The van der Waals surface area contributed by atoms with E-state index in [1.54, 1.807) is 18.2 Å². The lowest BCUT2D eigenvalue weighted by Crippen LogP contribution is -2.56. The number of hydrogen-bond donors (Lipinski definition) is 1. The lowest BCUT2D eigenvalue weighted by Gasteiger charge is -2.33. The van der Waals surface area contributed by atoms with Crippen molar-refractivity contribution in [3.8, 4) is 11.5 Å². The molecule has 0 bridgehead atoms. The summed E-state index contributed by atoms with van der Waals surface area (Å²) in [6.45, 7) is 4.22. The Balaban J connectivity index is 1.67. The molecule has 3 amide bonds. The van der Waals surface area contributed by atoms with E-state index >= 15 is 0 Å². The number of aryl methyl sites for hydroxylation is 2. The van der Waals surface area contributed by atoms with Gasteiger partial charge in [0.1, 0.15) is 6.54 Å². The Kier molecular flexibility index (Phi) is 6.25. The van der Waals surface area contributed by atoms with Gasteiger partial charge in [-0.15, -0.1) is 0 Å². The molecule has 1 N–H and O–H groups in total. The van der Waals surface area contributed by atoms with E-state index in [0.29, 0.717) is 22.9 Å². The number of nitrogens with one attached hydrogen (secondary N) is 1. The minimum absolute atomic E-state index is 0.183. The molecule has 8 nitrogen and oxygen atoms in total. The fraction of sp³-hybridized carbons (Fsp3) is 0.318. The van der Waals surface area contributed by atoms with E-state index in [9.17, 15) is 14.4 Å². The lowest BCUT2D eigenvalue weighted by molar-refractivity contribution is -0.147. The topological polar surface area (TPSA) is 88.2 Å². The summed E-state index contributed by atoms with van der Waals surface area (Å²) < 4.78 is 10.5. The van der Waals surface area contributed by atoms with Gasteiger partial charge in [-0.25, -0.2) is 0 Å². The van der Waals surface area contributed by atoms with Crippen LogP contribution < -0.4 is 19.7 Å². The second-order valence-electron chi connectivity index (χ2n) is 7.09. The number of carbonyl (C=O) groups is 3. The molecule has 0 aliphatic carbocycles. The van der Waals surface area contributed by atoms with E-state index in [1.807, 2.05) is 32.0 Å². The van der Waals surface area contributed by atoms with E-state index in [4.69, 9.17) is 9.47 Å². The average Bonchev–Trinajstić information content (AvgIpc) is 2.73. The number of ether oxygens (including phenoxy) is 2. The molecule has 0 atom stereocenters. The van der Waals surface area contributed by atoms with Gasteiger partial charge in [0.15, 0.2) is 11.5 Å². The van der Waals surface area contributed by atoms with Crippen LogP contribution in [-0.2, 0) is 14.4 Å². The van der Waals surface area contributed by atoms with Crippen molar-refractivity contribution in [2.75, 3.05) is 44.1 Å². The highest BCUT2D eigenvalue weighted by atomic mass is 16.5. The van der Waals surface area contributed by atoms with Crippen LogP contribution in [0.5, 0.6) is 11.5 Å². The predicted octanol–water partition coefficient (Wildman–Crippen LogP) is 2.13. The maximum atomic E-state index is 12.7. The zero-order valence-electron chi connectivity index (χ0n) is 17.5. The van der Waals surface area contributed by atoms with Crippen LogP contribution in [-0.4, -0.2) is 56.5 Å². The normalized spacial score (nSPS) is 14.0. The van der Waals surface area contributed by atoms with Crippen LogP contribution in [0.3, 0.4) is 0 Å². The number of anilines is 2. The Morgan fingerprint density at radius 3 is 2.37 bits per heavy atom. The molecule has 1 heterocycles.